The van der Waals surface area contributed by atoms with Crippen LogP contribution in [-0.4, -0.2) is 29.5 Å². The second kappa shape index (κ2) is 9.16. The van der Waals surface area contributed by atoms with E-state index < -0.39 is 38.4 Å². The Morgan fingerprint density at radius 3 is 2.47 bits per heavy atom. The predicted molar refractivity (Wildman–Crippen MR) is 118 cm³/mol. The molecule has 2 N–H and O–H groups in total. The number of benzene rings is 1. The lowest BCUT2D eigenvalue weighted by atomic mass is 10.0. The number of carbonyl (C=O) groups excluding carboxylic acids is 1. The summed E-state index contributed by atoms with van der Waals surface area (Å²) in [7, 11) is -3.40. The number of carbonyl (C=O) groups is 1. The minimum atomic E-state index is -3.40. The smallest absolute Gasteiger partial charge is 0.405 e. The highest BCUT2D eigenvalue weighted by Crippen LogP contribution is 2.36. The Bertz CT molecular complexity index is 1200. The van der Waals surface area contributed by atoms with E-state index in [-0.39, 0.29) is 28.6 Å². The lowest BCUT2D eigenvalue weighted by Gasteiger charge is -2.19. The van der Waals surface area contributed by atoms with Crippen molar-refractivity contribution in [1.82, 2.24) is 4.98 Å². The summed E-state index contributed by atoms with van der Waals surface area (Å²) in [6, 6.07) is 6.14. The second-order valence-corrected chi connectivity index (χ2v) is 11.6. The molecule has 2 aromatic rings. The lowest BCUT2D eigenvalue weighted by molar-refractivity contribution is 0.104. The largest absolute Gasteiger partial charge is 0.439 e. The van der Waals surface area contributed by atoms with Crippen LogP contribution in [0.15, 0.2) is 34.8 Å². The fourth-order valence-electron chi connectivity index (χ4n) is 3.11. The molecule has 32 heavy (non-hydrogen) atoms. The number of primary amides is 1. The van der Waals surface area contributed by atoms with Crippen molar-refractivity contribution in [1.29, 1.82) is 0 Å². The molecular weight excluding hydrogens is 506 g/mol. The van der Waals surface area contributed by atoms with Crippen LogP contribution in [0.2, 0.25) is 0 Å². The van der Waals surface area contributed by atoms with Gasteiger partial charge in [0.25, 0.3) is 0 Å². The molecule has 1 aromatic carbocycles. The van der Waals surface area contributed by atoms with Crippen molar-refractivity contribution in [2.75, 3.05) is 0 Å². The van der Waals surface area contributed by atoms with E-state index in [1.165, 1.54) is 0 Å². The molecule has 170 valence electrons. The number of ether oxygens (including phenoxy) is 1. The van der Waals surface area contributed by atoms with Gasteiger partial charge in [-0.25, -0.2) is 27.0 Å². The number of nitrogens with two attached hydrogens (primary N) is 1. The molecule has 1 aliphatic carbocycles. The zero-order valence-electron chi connectivity index (χ0n) is 17.4. The van der Waals surface area contributed by atoms with Crippen LogP contribution in [0.25, 0.3) is 0 Å². The van der Waals surface area contributed by atoms with E-state index in [1.807, 2.05) is 0 Å². The van der Waals surface area contributed by atoms with E-state index >= 15 is 0 Å². The first kappa shape index (κ1) is 24.1. The summed E-state index contributed by atoms with van der Waals surface area (Å²) in [6.45, 7) is 3.09. The van der Waals surface area contributed by atoms with Gasteiger partial charge in [-0.2, -0.15) is 0 Å². The van der Waals surface area contributed by atoms with Gasteiger partial charge in [-0.15, -0.1) is 0 Å². The van der Waals surface area contributed by atoms with Gasteiger partial charge in [0.1, 0.15) is 22.1 Å². The van der Waals surface area contributed by atoms with E-state index in [1.54, 1.807) is 26.0 Å². The number of halogens is 3. The molecule has 0 aliphatic heterocycles. The Kier molecular flexibility index (Phi) is 6.91. The first-order valence-corrected chi connectivity index (χ1v) is 12.1. The molecule has 1 heterocycles. The Balaban J connectivity index is 1.95. The third-order valence-electron chi connectivity index (χ3n) is 4.95. The minimum absolute atomic E-state index is 0.0956. The molecule has 0 bridgehead atoms. The van der Waals surface area contributed by atoms with E-state index in [0.29, 0.717) is 17.3 Å². The molecule has 0 saturated heterocycles. The van der Waals surface area contributed by atoms with Crippen LogP contribution in [0.4, 0.5) is 13.6 Å². The number of hydrogen-bond acceptors (Lipinski definition) is 5. The van der Waals surface area contributed by atoms with Crippen LogP contribution in [0.3, 0.4) is 0 Å². The summed E-state index contributed by atoms with van der Waals surface area (Å²) in [5, 5.41) is -0.361. The predicted octanol–water partition coefficient (Wildman–Crippen LogP) is 4.21. The summed E-state index contributed by atoms with van der Waals surface area (Å²) in [5.41, 5.74) is 5.88. The Labute approximate surface area is 193 Å². The maximum atomic E-state index is 13.6. The minimum Gasteiger partial charge on any atom is -0.439 e. The highest BCUT2D eigenvalue weighted by Gasteiger charge is 2.45. The molecular formula is C22H21BrF2N2O4S. The van der Waals surface area contributed by atoms with Gasteiger partial charge in [0.2, 0.25) is 0 Å². The van der Waals surface area contributed by atoms with Crippen LogP contribution in [0, 0.1) is 23.5 Å². The maximum absolute atomic E-state index is 13.6. The second-order valence-electron chi connectivity index (χ2n) is 7.98. The monoisotopic (exact) mass is 526 g/mol. The van der Waals surface area contributed by atoms with Crippen molar-refractivity contribution >= 4 is 31.9 Å². The van der Waals surface area contributed by atoms with E-state index in [4.69, 9.17) is 10.5 Å². The first-order chi connectivity index (χ1) is 14.9. The normalized spacial score (nSPS) is 14.9. The molecule has 3 rings (SSSR count). The highest BCUT2D eigenvalue weighted by molar-refractivity contribution is 9.10. The van der Waals surface area contributed by atoms with Crippen LogP contribution >= 0.6 is 15.9 Å². The molecule has 1 fully saturated rings. The number of nitrogens with zero attached hydrogens (tertiary/aromatic N) is 1. The molecule has 6 nitrogen and oxygen atoms in total. The highest BCUT2D eigenvalue weighted by atomic mass is 79.9. The average Bonchev–Trinajstić information content (AvgIpc) is 3.51. The summed E-state index contributed by atoms with van der Waals surface area (Å²) in [6.07, 6.45) is -0.967. The SMILES string of the molecule is CC(C)(C#Cc1ccc(Br)c([C@H](Cc2cc(F)cc(F)c2)OC(N)=O)n1)S(=O)(=O)C1CC1. The number of rotatable bonds is 6. The van der Waals surface area contributed by atoms with E-state index in [2.05, 4.69) is 32.8 Å². The third kappa shape index (κ3) is 5.64. The van der Waals surface area contributed by atoms with E-state index in [9.17, 15) is 22.0 Å². The van der Waals surface area contributed by atoms with Crippen molar-refractivity contribution < 1.29 is 26.7 Å². The van der Waals surface area contributed by atoms with Crippen LogP contribution in [0.1, 0.15) is 49.7 Å². The number of amides is 1. The van der Waals surface area contributed by atoms with Crippen molar-refractivity contribution in [3.63, 3.8) is 0 Å². The van der Waals surface area contributed by atoms with Gasteiger partial charge in [-0.3, -0.25) is 0 Å². The fourth-order valence-corrected chi connectivity index (χ4v) is 5.37. The molecule has 1 aliphatic rings. The lowest BCUT2D eigenvalue weighted by Crippen LogP contribution is -2.33. The average molecular weight is 527 g/mol. The van der Waals surface area contributed by atoms with E-state index in [0.717, 1.165) is 18.2 Å². The van der Waals surface area contributed by atoms with Gasteiger partial charge in [0.05, 0.1) is 10.9 Å². The van der Waals surface area contributed by atoms with Crippen LogP contribution in [0.5, 0.6) is 0 Å². The summed E-state index contributed by atoms with van der Waals surface area (Å²) in [4.78, 5) is 15.8. The molecule has 10 heteroatoms. The maximum Gasteiger partial charge on any atom is 0.405 e. The molecule has 0 unspecified atom stereocenters. The quantitative estimate of drug-likeness (QED) is 0.568. The van der Waals surface area contributed by atoms with Crippen molar-refractivity contribution in [3.8, 4) is 11.8 Å². The number of aromatic nitrogens is 1. The summed E-state index contributed by atoms with van der Waals surface area (Å²) in [5.74, 6) is 4.01. The van der Waals surface area contributed by atoms with Gasteiger partial charge < -0.3 is 10.5 Å². The zero-order chi connectivity index (χ0) is 23.7. The fraction of sp³-hybridized carbons (Fsp3) is 0.364. The van der Waals surface area contributed by atoms with Crippen LogP contribution in [-0.2, 0) is 21.0 Å². The number of pyridine rings is 1. The van der Waals surface area contributed by atoms with Crippen molar-refractivity contribution in [2.45, 2.75) is 49.2 Å². The summed E-state index contributed by atoms with van der Waals surface area (Å²) >= 11 is 3.33. The molecule has 0 radical (unpaired) electrons. The van der Waals surface area contributed by atoms with Crippen molar-refractivity contribution in [2.24, 2.45) is 5.73 Å². The number of sulfone groups is 1. The van der Waals surface area contributed by atoms with Gasteiger partial charge in [0.15, 0.2) is 15.9 Å². The number of hydrogen-bond donors (Lipinski definition) is 1. The van der Waals surface area contributed by atoms with Gasteiger partial charge in [-0.05, 0) is 78.4 Å². The molecule has 1 saturated carbocycles. The molecule has 1 atom stereocenters. The third-order valence-corrected chi connectivity index (χ3v) is 8.49. The Morgan fingerprint density at radius 1 is 1.28 bits per heavy atom. The van der Waals surface area contributed by atoms with Gasteiger partial charge >= 0.3 is 6.09 Å². The Morgan fingerprint density at radius 2 is 1.91 bits per heavy atom. The molecule has 1 aromatic heterocycles. The standard InChI is InChI=1S/C22H21BrF2N2O4S/c1-22(2,32(29,30)17-4-5-17)8-7-16-3-6-18(23)20(27-16)19(31-21(26)28)11-13-9-14(24)12-15(25)10-13/h3,6,9-10,12,17,19H,4-5,11H2,1-2H3,(H2,26,28)/t19-/m0/s1. The Hall–Kier alpha value is -2.51. The first-order valence-electron chi connectivity index (χ1n) is 9.73. The molecule has 0 spiro atoms. The van der Waals surface area contributed by atoms with Gasteiger partial charge in [0, 0.05) is 17.0 Å². The molecule has 1 amide bonds. The van der Waals surface area contributed by atoms with Gasteiger partial charge in [-0.1, -0.05) is 5.92 Å². The summed E-state index contributed by atoms with van der Waals surface area (Å²) < 4.78 is 56.7. The zero-order valence-corrected chi connectivity index (χ0v) is 19.8. The topological polar surface area (TPSA) is 99.3 Å². The van der Waals surface area contributed by atoms with Crippen molar-refractivity contribution in [3.05, 3.63) is 63.4 Å². The van der Waals surface area contributed by atoms with Crippen LogP contribution < -0.4 is 5.73 Å².